The van der Waals surface area contributed by atoms with E-state index in [1.165, 1.54) is 0 Å². The number of rotatable bonds is 1. The third-order valence-electron chi connectivity index (χ3n) is 3.03. The number of nitrogens with zero attached hydrogens (tertiary/aromatic N) is 1. The Bertz CT molecular complexity index is 777. The summed E-state index contributed by atoms with van der Waals surface area (Å²) in [4.78, 5) is 4.55. The van der Waals surface area contributed by atoms with Gasteiger partial charge in [0.1, 0.15) is 5.84 Å². The summed E-state index contributed by atoms with van der Waals surface area (Å²) in [5.74, 6) is 0.0319. The Hall–Kier alpha value is -2.62. The van der Waals surface area contributed by atoms with Crippen molar-refractivity contribution >= 4 is 33.3 Å². The number of pyridine rings is 1. The Balaban J connectivity index is 2.45. The molecule has 0 bridgehead atoms. The summed E-state index contributed by atoms with van der Waals surface area (Å²) in [6, 6.07) is 13.2. The van der Waals surface area contributed by atoms with Gasteiger partial charge in [-0.2, -0.15) is 0 Å². The molecule has 18 heavy (non-hydrogen) atoms. The smallest absolute Gasteiger partial charge is 0.122 e. The van der Waals surface area contributed by atoms with Gasteiger partial charge in [0.25, 0.3) is 0 Å². The van der Waals surface area contributed by atoms with Crippen LogP contribution < -0.4 is 11.5 Å². The van der Waals surface area contributed by atoms with E-state index in [0.717, 1.165) is 21.8 Å². The third-order valence-corrected chi connectivity index (χ3v) is 3.03. The fourth-order valence-electron chi connectivity index (χ4n) is 2.09. The van der Waals surface area contributed by atoms with Crippen molar-refractivity contribution in [2.24, 2.45) is 5.73 Å². The average Bonchev–Trinajstić information content (AvgIpc) is 2.38. The molecule has 1 aromatic heterocycles. The SMILES string of the molecule is N=C(N)c1ccc2nc3ccccc3c(N)c2c1. The molecule has 0 saturated heterocycles. The number of nitrogens with one attached hydrogen (secondary N) is 1. The van der Waals surface area contributed by atoms with E-state index < -0.39 is 0 Å². The number of para-hydroxylation sites is 1. The first-order chi connectivity index (χ1) is 8.66. The summed E-state index contributed by atoms with van der Waals surface area (Å²) in [6.07, 6.45) is 0. The molecule has 0 spiro atoms. The Morgan fingerprint density at radius 2 is 1.72 bits per heavy atom. The zero-order valence-electron chi connectivity index (χ0n) is 9.64. The number of benzene rings is 2. The zero-order chi connectivity index (χ0) is 12.7. The second-order valence-corrected chi connectivity index (χ2v) is 4.19. The largest absolute Gasteiger partial charge is 0.398 e. The number of nitrogen functional groups attached to an aromatic ring is 2. The number of aromatic nitrogens is 1. The fourth-order valence-corrected chi connectivity index (χ4v) is 2.09. The number of anilines is 1. The van der Waals surface area contributed by atoms with E-state index in [0.29, 0.717) is 11.3 Å². The number of hydrogen-bond donors (Lipinski definition) is 3. The lowest BCUT2D eigenvalue weighted by Gasteiger charge is -2.08. The van der Waals surface area contributed by atoms with E-state index in [1.807, 2.05) is 36.4 Å². The van der Waals surface area contributed by atoms with Gasteiger partial charge in [-0.3, -0.25) is 5.41 Å². The molecule has 0 unspecified atom stereocenters. The summed E-state index contributed by atoms with van der Waals surface area (Å²) >= 11 is 0. The maximum atomic E-state index is 7.46. The van der Waals surface area contributed by atoms with Crippen molar-refractivity contribution in [1.29, 1.82) is 5.41 Å². The first kappa shape index (κ1) is 10.5. The molecule has 3 aromatic rings. The van der Waals surface area contributed by atoms with E-state index in [2.05, 4.69) is 4.98 Å². The Labute approximate surface area is 104 Å². The van der Waals surface area contributed by atoms with Crippen LogP contribution in [-0.4, -0.2) is 10.8 Å². The topological polar surface area (TPSA) is 88.8 Å². The maximum absolute atomic E-state index is 7.46. The minimum absolute atomic E-state index is 0.0319. The highest BCUT2D eigenvalue weighted by Gasteiger charge is 2.07. The van der Waals surface area contributed by atoms with Gasteiger partial charge in [-0.25, -0.2) is 4.98 Å². The van der Waals surface area contributed by atoms with Gasteiger partial charge < -0.3 is 11.5 Å². The highest BCUT2D eigenvalue weighted by molar-refractivity contribution is 6.08. The molecule has 5 N–H and O–H groups in total. The second-order valence-electron chi connectivity index (χ2n) is 4.19. The summed E-state index contributed by atoms with van der Waals surface area (Å²) in [5, 5.41) is 9.22. The number of nitrogens with two attached hydrogens (primary N) is 2. The highest BCUT2D eigenvalue weighted by Crippen LogP contribution is 2.28. The van der Waals surface area contributed by atoms with E-state index in [1.54, 1.807) is 6.07 Å². The molecule has 3 rings (SSSR count). The molecular formula is C14H12N4. The van der Waals surface area contributed by atoms with Gasteiger partial charge in [0.2, 0.25) is 0 Å². The minimum atomic E-state index is 0.0319. The van der Waals surface area contributed by atoms with Gasteiger partial charge in [-0.1, -0.05) is 18.2 Å². The molecule has 1 heterocycles. The normalized spacial score (nSPS) is 10.9. The Morgan fingerprint density at radius 1 is 1.00 bits per heavy atom. The van der Waals surface area contributed by atoms with Crippen molar-refractivity contribution in [2.75, 3.05) is 5.73 Å². The molecule has 2 aromatic carbocycles. The first-order valence-corrected chi connectivity index (χ1v) is 5.59. The van der Waals surface area contributed by atoms with E-state index in [9.17, 15) is 0 Å². The predicted octanol–water partition coefficient (Wildman–Crippen LogP) is 2.25. The van der Waals surface area contributed by atoms with E-state index in [-0.39, 0.29) is 5.84 Å². The molecule has 0 saturated carbocycles. The third kappa shape index (κ3) is 1.47. The van der Waals surface area contributed by atoms with Gasteiger partial charge in [-0.05, 0) is 24.3 Å². The van der Waals surface area contributed by atoms with Gasteiger partial charge in [0.15, 0.2) is 0 Å². The first-order valence-electron chi connectivity index (χ1n) is 5.59. The molecule has 0 aliphatic carbocycles. The van der Waals surface area contributed by atoms with Crippen LogP contribution in [0.4, 0.5) is 5.69 Å². The number of amidine groups is 1. The van der Waals surface area contributed by atoms with Gasteiger partial charge >= 0.3 is 0 Å². The molecule has 4 nitrogen and oxygen atoms in total. The van der Waals surface area contributed by atoms with Crippen LogP contribution in [0.15, 0.2) is 42.5 Å². The van der Waals surface area contributed by atoms with Crippen molar-refractivity contribution in [3.05, 3.63) is 48.0 Å². The fraction of sp³-hybridized carbons (Fsp3) is 0. The maximum Gasteiger partial charge on any atom is 0.122 e. The van der Waals surface area contributed by atoms with Gasteiger partial charge in [-0.15, -0.1) is 0 Å². The van der Waals surface area contributed by atoms with E-state index >= 15 is 0 Å². The van der Waals surface area contributed by atoms with Crippen LogP contribution in [0.2, 0.25) is 0 Å². The molecule has 0 aliphatic heterocycles. The van der Waals surface area contributed by atoms with Crippen LogP contribution in [0.3, 0.4) is 0 Å². The van der Waals surface area contributed by atoms with Crippen molar-refractivity contribution in [1.82, 2.24) is 4.98 Å². The molecule has 0 aliphatic rings. The van der Waals surface area contributed by atoms with Gasteiger partial charge in [0, 0.05) is 16.3 Å². The van der Waals surface area contributed by atoms with Crippen molar-refractivity contribution in [2.45, 2.75) is 0 Å². The lowest BCUT2D eigenvalue weighted by molar-refractivity contribution is 1.42. The minimum Gasteiger partial charge on any atom is -0.398 e. The summed E-state index contributed by atoms with van der Waals surface area (Å²) in [5.41, 5.74) is 14.7. The lowest BCUT2D eigenvalue weighted by atomic mass is 10.1. The molecule has 0 fully saturated rings. The van der Waals surface area contributed by atoms with Crippen LogP contribution in [-0.2, 0) is 0 Å². The number of fused-ring (bicyclic) bond motifs is 2. The van der Waals surface area contributed by atoms with Crippen LogP contribution in [0.25, 0.3) is 21.8 Å². The standard InChI is InChI=1S/C14H12N4/c15-13-9-3-1-2-4-11(9)18-12-6-5-8(14(16)17)7-10(12)13/h1-7H,(H2,15,18)(H3,16,17). The van der Waals surface area contributed by atoms with Crippen LogP contribution in [0.5, 0.6) is 0 Å². The van der Waals surface area contributed by atoms with E-state index in [4.69, 9.17) is 16.9 Å². The summed E-state index contributed by atoms with van der Waals surface area (Å²) in [7, 11) is 0. The van der Waals surface area contributed by atoms with Gasteiger partial charge in [0.05, 0.1) is 16.7 Å². The average molecular weight is 236 g/mol. The second kappa shape index (κ2) is 3.70. The molecular weight excluding hydrogens is 224 g/mol. The monoisotopic (exact) mass is 236 g/mol. The zero-order valence-corrected chi connectivity index (χ0v) is 9.64. The predicted molar refractivity (Wildman–Crippen MR) is 74.7 cm³/mol. The quantitative estimate of drug-likeness (QED) is 0.344. The summed E-state index contributed by atoms with van der Waals surface area (Å²) < 4.78 is 0. The lowest BCUT2D eigenvalue weighted by Crippen LogP contribution is -2.10. The van der Waals surface area contributed by atoms with Crippen molar-refractivity contribution < 1.29 is 0 Å². The molecule has 4 heteroatoms. The Morgan fingerprint density at radius 3 is 2.50 bits per heavy atom. The molecule has 0 atom stereocenters. The highest BCUT2D eigenvalue weighted by atomic mass is 14.7. The van der Waals surface area contributed by atoms with Crippen LogP contribution in [0, 0.1) is 5.41 Å². The number of hydrogen-bond acceptors (Lipinski definition) is 3. The van der Waals surface area contributed by atoms with Crippen LogP contribution in [0.1, 0.15) is 5.56 Å². The van der Waals surface area contributed by atoms with Crippen molar-refractivity contribution in [3.63, 3.8) is 0 Å². The van der Waals surface area contributed by atoms with Crippen LogP contribution >= 0.6 is 0 Å². The van der Waals surface area contributed by atoms with Crippen molar-refractivity contribution in [3.8, 4) is 0 Å². The summed E-state index contributed by atoms with van der Waals surface area (Å²) in [6.45, 7) is 0. The molecule has 0 amide bonds. The Kier molecular flexibility index (Phi) is 2.16. The molecule has 88 valence electrons. The molecule has 0 radical (unpaired) electrons.